The number of hydrogen-bond donors (Lipinski definition) is 1. The summed E-state index contributed by atoms with van der Waals surface area (Å²) in [5.74, 6) is 0.359. The first-order valence-electron chi connectivity index (χ1n) is 6.78. The van der Waals surface area contributed by atoms with Crippen LogP contribution in [0.25, 0.3) is 32.3 Å². The second kappa shape index (κ2) is 3.97. The lowest BCUT2D eigenvalue weighted by Crippen LogP contribution is -1.84. The van der Waals surface area contributed by atoms with E-state index in [1.807, 2.05) is 19.1 Å². The van der Waals surface area contributed by atoms with Gasteiger partial charge in [0, 0.05) is 0 Å². The highest BCUT2D eigenvalue weighted by Gasteiger charge is 2.09. The summed E-state index contributed by atoms with van der Waals surface area (Å²) in [4.78, 5) is 0. The van der Waals surface area contributed by atoms with Gasteiger partial charge < -0.3 is 5.11 Å². The molecule has 0 aliphatic carbocycles. The third-order valence-corrected chi connectivity index (χ3v) is 4.06. The molecule has 96 valence electrons. The topological polar surface area (TPSA) is 20.2 Å². The summed E-state index contributed by atoms with van der Waals surface area (Å²) in [7, 11) is 0. The van der Waals surface area contributed by atoms with Crippen molar-refractivity contribution >= 4 is 32.3 Å². The van der Waals surface area contributed by atoms with Crippen molar-refractivity contribution in [1.82, 2.24) is 0 Å². The van der Waals surface area contributed by atoms with Crippen LogP contribution in [0.2, 0.25) is 0 Å². The maximum Gasteiger partial charge on any atom is 0.119 e. The summed E-state index contributed by atoms with van der Waals surface area (Å²) in [6.07, 6.45) is 0. The largest absolute Gasteiger partial charge is 0.508 e. The summed E-state index contributed by atoms with van der Waals surface area (Å²) in [6, 6.07) is 20.8. The number of phenolic OH excluding ortho intramolecular Hbond substituents is 1. The fourth-order valence-corrected chi connectivity index (χ4v) is 3.05. The Morgan fingerprint density at radius 3 is 1.50 bits per heavy atom. The van der Waals surface area contributed by atoms with Crippen LogP contribution in [-0.4, -0.2) is 5.11 Å². The van der Waals surface area contributed by atoms with E-state index in [4.69, 9.17) is 0 Å². The zero-order chi connectivity index (χ0) is 13.7. The first kappa shape index (κ1) is 11.3. The van der Waals surface area contributed by atoms with Gasteiger partial charge in [-0.1, -0.05) is 48.5 Å². The third kappa shape index (κ3) is 1.44. The Morgan fingerprint density at radius 1 is 0.600 bits per heavy atom. The van der Waals surface area contributed by atoms with Gasteiger partial charge >= 0.3 is 0 Å². The summed E-state index contributed by atoms with van der Waals surface area (Å²) in [5.41, 5.74) is 0.915. The van der Waals surface area contributed by atoms with E-state index in [1.165, 1.54) is 26.9 Å². The standard InChI is InChI=1S/C19H14O/c1-12-10-17-15-8-4-2-6-13(15)14-7-3-5-9-16(14)18(17)11-19(12)20/h2-11,20H,1H3. The highest BCUT2D eigenvalue weighted by molar-refractivity contribution is 6.25. The van der Waals surface area contributed by atoms with Gasteiger partial charge in [-0.2, -0.15) is 0 Å². The highest BCUT2D eigenvalue weighted by Crippen LogP contribution is 2.37. The molecule has 20 heavy (non-hydrogen) atoms. The van der Waals surface area contributed by atoms with Gasteiger partial charge in [0.1, 0.15) is 5.75 Å². The van der Waals surface area contributed by atoms with Crippen LogP contribution < -0.4 is 0 Å². The molecule has 0 atom stereocenters. The lowest BCUT2D eigenvalue weighted by atomic mass is 9.93. The zero-order valence-electron chi connectivity index (χ0n) is 11.2. The molecule has 1 nitrogen and oxygen atoms in total. The number of benzene rings is 4. The Kier molecular flexibility index (Phi) is 2.25. The van der Waals surface area contributed by atoms with E-state index in [0.29, 0.717) is 5.75 Å². The number of phenols is 1. The molecule has 4 rings (SSSR count). The van der Waals surface area contributed by atoms with E-state index in [1.54, 1.807) is 0 Å². The van der Waals surface area contributed by atoms with Crippen molar-refractivity contribution in [2.75, 3.05) is 0 Å². The monoisotopic (exact) mass is 258 g/mol. The lowest BCUT2D eigenvalue weighted by Gasteiger charge is -2.11. The van der Waals surface area contributed by atoms with Crippen molar-refractivity contribution in [3.8, 4) is 5.75 Å². The Labute approximate surface area is 117 Å². The first-order valence-corrected chi connectivity index (χ1v) is 6.78. The van der Waals surface area contributed by atoms with Gasteiger partial charge in [-0.15, -0.1) is 0 Å². The van der Waals surface area contributed by atoms with E-state index >= 15 is 0 Å². The molecule has 0 fully saturated rings. The fourth-order valence-electron chi connectivity index (χ4n) is 3.05. The maximum atomic E-state index is 10.0. The van der Waals surface area contributed by atoms with E-state index in [2.05, 4.69) is 48.5 Å². The minimum absolute atomic E-state index is 0.359. The number of fused-ring (bicyclic) bond motifs is 6. The molecule has 0 amide bonds. The van der Waals surface area contributed by atoms with Crippen LogP contribution in [0, 0.1) is 6.92 Å². The molecule has 0 saturated carbocycles. The van der Waals surface area contributed by atoms with Gasteiger partial charge in [0.2, 0.25) is 0 Å². The van der Waals surface area contributed by atoms with Crippen molar-refractivity contribution in [3.63, 3.8) is 0 Å². The van der Waals surface area contributed by atoms with E-state index < -0.39 is 0 Å². The zero-order valence-corrected chi connectivity index (χ0v) is 11.2. The van der Waals surface area contributed by atoms with Crippen molar-refractivity contribution in [1.29, 1.82) is 0 Å². The second-order valence-electron chi connectivity index (χ2n) is 5.28. The van der Waals surface area contributed by atoms with Gasteiger partial charge in [0.05, 0.1) is 0 Å². The summed E-state index contributed by atoms with van der Waals surface area (Å²) >= 11 is 0. The Balaban J connectivity index is 2.42. The van der Waals surface area contributed by atoms with Crippen LogP contribution in [-0.2, 0) is 0 Å². The van der Waals surface area contributed by atoms with Crippen molar-refractivity contribution in [2.24, 2.45) is 0 Å². The molecule has 0 bridgehead atoms. The molecule has 4 aromatic carbocycles. The van der Waals surface area contributed by atoms with Gasteiger partial charge in [-0.05, 0) is 56.9 Å². The molecular formula is C19H14O. The van der Waals surface area contributed by atoms with Crippen LogP contribution in [0.5, 0.6) is 5.75 Å². The van der Waals surface area contributed by atoms with Crippen LogP contribution in [0.1, 0.15) is 5.56 Å². The summed E-state index contributed by atoms with van der Waals surface area (Å²) < 4.78 is 0. The Bertz CT molecular complexity index is 887. The molecule has 0 aliphatic heterocycles. The second-order valence-corrected chi connectivity index (χ2v) is 5.28. The predicted octanol–water partition coefficient (Wildman–Crippen LogP) is 5.16. The third-order valence-electron chi connectivity index (χ3n) is 4.06. The van der Waals surface area contributed by atoms with E-state index in [0.717, 1.165) is 10.9 Å². The van der Waals surface area contributed by atoms with Crippen LogP contribution in [0.4, 0.5) is 0 Å². The van der Waals surface area contributed by atoms with Gasteiger partial charge in [0.15, 0.2) is 0 Å². The predicted molar refractivity (Wildman–Crippen MR) is 85.4 cm³/mol. The highest BCUT2D eigenvalue weighted by atomic mass is 16.3. The normalized spacial score (nSPS) is 11.4. The fraction of sp³-hybridized carbons (Fsp3) is 0.0526. The SMILES string of the molecule is Cc1cc2c3ccccc3c3ccccc3c2cc1O. The van der Waals surface area contributed by atoms with Crippen molar-refractivity contribution in [2.45, 2.75) is 6.92 Å². The molecule has 0 saturated heterocycles. The summed E-state index contributed by atoms with van der Waals surface area (Å²) in [6.45, 7) is 1.94. The smallest absolute Gasteiger partial charge is 0.119 e. The van der Waals surface area contributed by atoms with Crippen molar-refractivity contribution < 1.29 is 5.11 Å². The molecule has 0 heterocycles. The van der Waals surface area contributed by atoms with E-state index in [-0.39, 0.29) is 0 Å². The molecule has 1 heteroatoms. The molecule has 0 aliphatic rings. The summed E-state index contributed by atoms with van der Waals surface area (Å²) in [5, 5.41) is 17.3. The average molecular weight is 258 g/mol. The minimum Gasteiger partial charge on any atom is -0.508 e. The molecule has 0 unspecified atom stereocenters. The first-order chi connectivity index (χ1) is 9.75. The average Bonchev–Trinajstić information content (AvgIpc) is 2.49. The Morgan fingerprint density at radius 2 is 1.00 bits per heavy atom. The quantitative estimate of drug-likeness (QED) is 0.432. The lowest BCUT2D eigenvalue weighted by molar-refractivity contribution is 0.472. The van der Waals surface area contributed by atoms with Crippen LogP contribution in [0.15, 0.2) is 60.7 Å². The molecular weight excluding hydrogens is 244 g/mol. The van der Waals surface area contributed by atoms with Gasteiger partial charge in [-0.25, -0.2) is 0 Å². The maximum absolute atomic E-state index is 10.0. The number of rotatable bonds is 0. The van der Waals surface area contributed by atoms with Gasteiger partial charge in [0.25, 0.3) is 0 Å². The van der Waals surface area contributed by atoms with Gasteiger partial charge in [-0.3, -0.25) is 0 Å². The molecule has 4 aromatic rings. The van der Waals surface area contributed by atoms with E-state index in [9.17, 15) is 5.11 Å². The molecule has 1 N–H and O–H groups in total. The number of aromatic hydroxyl groups is 1. The van der Waals surface area contributed by atoms with Crippen molar-refractivity contribution in [3.05, 3.63) is 66.2 Å². The molecule has 0 radical (unpaired) electrons. The molecule has 0 spiro atoms. The Hall–Kier alpha value is -2.54. The molecule has 0 aromatic heterocycles. The number of aryl methyl sites for hydroxylation is 1. The van der Waals surface area contributed by atoms with Crippen LogP contribution >= 0.6 is 0 Å². The number of hydrogen-bond acceptors (Lipinski definition) is 1. The van der Waals surface area contributed by atoms with Crippen LogP contribution in [0.3, 0.4) is 0 Å². The minimum atomic E-state index is 0.359.